The molecule has 1 amide bonds. The molecule has 2 heterocycles. The lowest BCUT2D eigenvalue weighted by Crippen LogP contribution is -2.21. The summed E-state index contributed by atoms with van der Waals surface area (Å²) in [5, 5.41) is 11.6. The Kier molecular flexibility index (Phi) is 4.79. The van der Waals surface area contributed by atoms with Crippen LogP contribution in [0.2, 0.25) is 0 Å². The number of hydrogen-bond donors (Lipinski definition) is 2. The van der Waals surface area contributed by atoms with E-state index in [1.54, 1.807) is 0 Å². The predicted octanol–water partition coefficient (Wildman–Crippen LogP) is 2.25. The molecule has 0 aliphatic carbocycles. The van der Waals surface area contributed by atoms with Gasteiger partial charge in [-0.15, -0.1) is 0 Å². The maximum atomic E-state index is 11.9. The van der Waals surface area contributed by atoms with Gasteiger partial charge in [-0.3, -0.25) is 4.79 Å². The summed E-state index contributed by atoms with van der Waals surface area (Å²) in [7, 11) is 0. The van der Waals surface area contributed by atoms with E-state index in [4.69, 9.17) is 5.11 Å². The molecule has 1 aliphatic rings. The Labute approximate surface area is 115 Å². The van der Waals surface area contributed by atoms with E-state index in [2.05, 4.69) is 10.3 Å². The Morgan fingerprint density at radius 3 is 2.84 bits per heavy atom. The lowest BCUT2D eigenvalue weighted by atomic mass is 9.98. The number of rotatable bonds is 4. The third-order valence-electron chi connectivity index (χ3n) is 3.11. The fourth-order valence-corrected chi connectivity index (χ4v) is 3.28. The second kappa shape index (κ2) is 6.56. The van der Waals surface area contributed by atoms with Crippen molar-refractivity contribution in [1.82, 2.24) is 4.98 Å². The van der Waals surface area contributed by atoms with E-state index in [1.807, 2.05) is 11.8 Å². The highest BCUT2D eigenvalue weighted by atomic mass is 32.2. The Balaban J connectivity index is 1.96. The van der Waals surface area contributed by atoms with Gasteiger partial charge in [-0.25, -0.2) is 9.78 Å². The molecule has 0 unspecified atom stereocenters. The average molecular weight is 280 g/mol. The first kappa shape index (κ1) is 13.9. The molecule has 1 aromatic heterocycles. The molecule has 5 nitrogen and oxygen atoms in total. The van der Waals surface area contributed by atoms with E-state index >= 15 is 0 Å². The van der Waals surface area contributed by atoms with Crippen molar-refractivity contribution < 1.29 is 14.7 Å². The van der Waals surface area contributed by atoms with E-state index in [-0.39, 0.29) is 17.3 Å². The molecule has 0 spiro atoms. The summed E-state index contributed by atoms with van der Waals surface area (Å²) in [6.45, 7) is 0. The number of amides is 1. The molecular weight excluding hydrogens is 264 g/mol. The second-order valence-corrected chi connectivity index (χ2v) is 5.74. The number of pyridine rings is 1. The monoisotopic (exact) mass is 280 g/mol. The van der Waals surface area contributed by atoms with Crippen LogP contribution in [-0.4, -0.2) is 33.5 Å². The highest BCUT2D eigenvalue weighted by Gasteiger charge is 2.19. The molecule has 1 fully saturated rings. The minimum Gasteiger partial charge on any atom is -0.478 e. The summed E-state index contributed by atoms with van der Waals surface area (Å²) in [5.41, 5.74) is 0.0232. The van der Waals surface area contributed by atoms with Crippen molar-refractivity contribution in [2.24, 2.45) is 5.92 Å². The van der Waals surface area contributed by atoms with E-state index in [1.165, 1.54) is 18.3 Å². The van der Waals surface area contributed by atoms with Crippen molar-refractivity contribution in [3.05, 3.63) is 23.9 Å². The Bertz CT molecular complexity index is 473. The van der Waals surface area contributed by atoms with E-state index in [0.29, 0.717) is 12.3 Å². The second-order valence-electron chi connectivity index (χ2n) is 4.51. The van der Waals surface area contributed by atoms with Gasteiger partial charge in [0.15, 0.2) is 0 Å². The summed E-state index contributed by atoms with van der Waals surface area (Å²) < 4.78 is 0. The van der Waals surface area contributed by atoms with Crippen LogP contribution in [0.1, 0.15) is 29.6 Å². The minimum absolute atomic E-state index is 0.0232. The quantitative estimate of drug-likeness (QED) is 0.884. The number of nitrogens with zero attached hydrogens (tertiary/aromatic N) is 1. The van der Waals surface area contributed by atoms with Crippen LogP contribution in [0.3, 0.4) is 0 Å². The number of carboxylic acid groups (broad SMARTS) is 1. The number of carbonyl (C=O) groups excluding carboxylic acids is 1. The molecule has 0 saturated carbocycles. The number of aromatic nitrogens is 1. The van der Waals surface area contributed by atoms with Gasteiger partial charge in [0.25, 0.3) is 0 Å². The zero-order chi connectivity index (χ0) is 13.7. The van der Waals surface area contributed by atoms with Crippen LogP contribution in [-0.2, 0) is 4.79 Å². The van der Waals surface area contributed by atoms with Crippen molar-refractivity contribution in [2.75, 3.05) is 16.8 Å². The van der Waals surface area contributed by atoms with Gasteiger partial charge in [-0.1, -0.05) is 0 Å². The predicted molar refractivity (Wildman–Crippen MR) is 74.5 cm³/mol. The van der Waals surface area contributed by atoms with Gasteiger partial charge >= 0.3 is 5.97 Å². The Morgan fingerprint density at radius 2 is 2.16 bits per heavy atom. The first-order valence-electron chi connectivity index (χ1n) is 6.22. The molecule has 0 bridgehead atoms. The summed E-state index contributed by atoms with van der Waals surface area (Å²) >= 11 is 1.91. The van der Waals surface area contributed by atoms with E-state index < -0.39 is 5.97 Å². The van der Waals surface area contributed by atoms with Crippen molar-refractivity contribution >= 4 is 29.5 Å². The van der Waals surface area contributed by atoms with Crippen molar-refractivity contribution in [3.8, 4) is 0 Å². The molecule has 6 heteroatoms. The molecule has 1 saturated heterocycles. The van der Waals surface area contributed by atoms with Gasteiger partial charge in [0.1, 0.15) is 11.4 Å². The molecule has 102 valence electrons. The Hall–Kier alpha value is -1.56. The average Bonchev–Trinajstić information content (AvgIpc) is 2.40. The summed E-state index contributed by atoms with van der Waals surface area (Å²) in [4.78, 5) is 26.8. The fourth-order valence-electron chi connectivity index (χ4n) is 2.07. The largest absolute Gasteiger partial charge is 0.478 e. The highest BCUT2D eigenvalue weighted by Crippen LogP contribution is 2.25. The van der Waals surface area contributed by atoms with Crippen LogP contribution in [0.25, 0.3) is 0 Å². The van der Waals surface area contributed by atoms with Gasteiger partial charge in [-0.05, 0) is 42.4 Å². The number of aromatic carboxylic acids is 1. The standard InChI is InChI=1S/C13H16N2O3S/c16-11(8-9-3-6-19-7-4-9)15-12-10(13(17)18)2-1-5-14-12/h1-2,5,9H,3-4,6-8H2,(H,17,18)(H,14,15,16). The van der Waals surface area contributed by atoms with Crippen molar-refractivity contribution in [3.63, 3.8) is 0 Å². The van der Waals surface area contributed by atoms with E-state index in [0.717, 1.165) is 24.3 Å². The van der Waals surface area contributed by atoms with Gasteiger partial charge < -0.3 is 10.4 Å². The lowest BCUT2D eigenvalue weighted by Gasteiger charge is -2.20. The summed E-state index contributed by atoms with van der Waals surface area (Å²) in [6, 6.07) is 2.97. The first-order valence-corrected chi connectivity index (χ1v) is 7.38. The van der Waals surface area contributed by atoms with Crippen LogP contribution in [0, 0.1) is 5.92 Å². The zero-order valence-corrected chi connectivity index (χ0v) is 11.3. The minimum atomic E-state index is -1.09. The van der Waals surface area contributed by atoms with Gasteiger partial charge in [0, 0.05) is 12.6 Å². The van der Waals surface area contributed by atoms with Gasteiger partial charge in [0.2, 0.25) is 5.91 Å². The normalized spacial score (nSPS) is 16.0. The van der Waals surface area contributed by atoms with Crippen LogP contribution >= 0.6 is 11.8 Å². The third-order valence-corrected chi connectivity index (χ3v) is 4.16. The number of anilines is 1. The summed E-state index contributed by atoms with van der Waals surface area (Å²) in [5.74, 6) is 1.49. The van der Waals surface area contributed by atoms with Crippen LogP contribution < -0.4 is 5.32 Å². The zero-order valence-electron chi connectivity index (χ0n) is 10.5. The molecule has 2 rings (SSSR count). The fraction of sp³-hybridized carbons (Fsp3) is 0.462. The third kappa shape index (κ3) is 3.96. The molecular formula is C13H16N2O3S. The molecule has 1 aromatic rings. The van der Waals surface area contributed by atoms with Gasteiger partial charge in [-0.2, -0.15) is 11.8 Å². The smallest absolute Gasteiger partial charge is 0.339 e. The van der Waals surface area contributed by atoms with Crippen LogP contribution in [0.15, 0.2) is 18.3 Å². The molecule has 2 N–H and O–H groups in total. The first-order chi connectivity index (χ1) is 9.16. The van der Waals surface area contributed by atoms with Gasteiger partial charge in [0.05, 0.1) is 0 Å². The van der Waals surface area contributed by atoms with Crippen molar-refractivity contribution in [2.45, 2.75) is 19.3 Å². The highest BCUT2D eigenvalue weighted by molar-refractivity contribution is 7.99. The molecule has 0 radical (unpaired) electrons. The Morgan fingerprint density at radius 1 is 1.42 bits per heavy atom. The van der Waals surface area contributed by atoms with Crippen molar-refractivity contribution in [1.29, 1.82) is 0 Å². The maximum absolute atomic E-state index is 11.9. The number of carbonyl (C=O) groups is 2. The molecule has 19 heavy (non-hydrogen) atoms. The SMILES string of the molecule is O=C(CC1CCSCC1)Nc1ncccc1C(=O)O. The van der Waals surface area contributed by atoms with Crippen LogP contribution in [0.4, 0.5) is 5.82 Å². The molecule has 0 aromatic carbocycles. The number of thioether (sulfide) groups is 1. The lowest BCUT2D eigenvalue weighted by molar-refractivity contribution is -0.117. The maximum Gasteiger partial charge on any atom is 0.339 e. The number of hydrogen-bond acceptors (Lipinski definition) is 4. The topological polar surface area (TPSA) is 79.3 Å². The number of nitrogens with one attached hydrogen (secondary N) is 1. The van der Waals surface area contributed by atoms with E-state index in [9.17, 15) is 9.59 Å². The number of carboxylic acids is 1. The summed E-state index contributed by atoms with van der Waals surface area (Å²) in [6.07, 6.45) is 4.01. The molecule has 1 aliphatic heterocycles. The molecule has 0 atom stereocenters. The van der Waals surface area contributed by atoms with Crippen LogP contribution in [0.5, 0.6) is 0 Å².